The first-order valence-corrected chi connectivity index (χ1v) is 7.46. The van der Waals surface area contributed by atoms with E-state index in [4.69, 9.17) is 5.11 Å². The standard InChI is InChI=1S/C9H12N2O6S2/c1-5-8(9(13)14)18-6(11-5)3-10-19(15,16)4-7(12)17-2/h10H,3-4H2,1-2H3,(H,13,14). The van der Waals surface area contributed by atoms with Crippen molar-refractivity contribution in [1.82, 2.24) is 9.71 Å². The zero-order chi connectivity index (χ0) is 14.6. The third kappa shape index (κ3) is 4.58. The van der Waals surface area contributed by atoms with Crippen LogP contribution in [0, 0.1) is 6.92 Å². The number of rotatable bonds is 6. The molecule has 0 saturated heterocycles. The highest BCUT2D eigenvalue weighted by Crippen LogP contribution is 2.17. The molecule has 1 aromatic rings. The van der Waals surface area contributed by atoms with E-state index in [1.54, 1.807) is 0 Å². The fourth-order valence-corrected chi connectivity index (χ4v) is 2.98. The van der Waals surface area contributed by atoms with Crippen LogP contribution in [0.3, 0.4) is 0 Å². The topological polar surface area (TPSA) is 123 Å². The van der Waals surface area contributed by atoms with Gasteiger partial charge in [-0.1, -0.05) is 0 Å². The van der Waals surface area contributed by atoms with Gasteiger partial charge < -0.3 is 9.84 Å². The number of aryl methyl sites for hydroxylation is 1. The summed E-state index contributed by atoms with van der Waals surface area (Å²) in [6.07, 6.45) is 0. The number of esters is 1. The van der Waals surface area contributed by atoms with E-state index in [1.165, 1.54) is 6.92 Å². The summed E-state index contributed by atoms with van der Waals surface area (Å²) in [5.41, 5.74) is 0.319. The molecule has 8 nitrogen and oxygen atoms in total. The monoisotopic (exact) mass is 308 g/mol. The molecule has 1 aromatic heterocycles. The van der Waals surface area contributed by atoms with Gasteiger partial charge in [-0.15, -0.1) is 11.3 Å². The minimum atomic E-state index is -3.82. The molecule has 0 radical (unpaired) electrons. The lowest BCUT2D eigenvalue weighted by atomic mass is 10.4. The van der Waals surface area contributed by atoms with Crippen molar-refractivity contribution in [3.05, 3.63) is 15.6 Å². The fraction of sp³-hybridized carbons (Fsp3) is 0.444. The Kier molecular flexibility index (Phi) is 4.97. The molecule has 0 atom stereocenters. The number of sulfonamides is 1. The van der Waals surface area contributed by atoms with Crippen molar-refractivity contribution in [3.8, 4) is 0 Å². The predicted octanol–water partition coefficient (Wildman–Crippen LogP) is -0.258. The molecule has 0 fully saturated rings. The van der Waals surface area contributed by atoms with Gasteiger partial charge in [0.25, 0.3) is 0 Å². The second-order valence-corrected chi connectivity index (χ2v) is 6.37. The highest BCUT2D eigenvalue weighted by molar-refractivity contribution is 7.90. The van der Waals surface area contributed by atoms with E-state index in [1.807, 2.05) is 0 Å². The number of ether oxygens (including phenoxy) is 1. The number of thiazole rings is 1. The van der Waals surface area contributed by atoms with Crippen LogP contribution in [-0.4, -0.2) is 43.3 Å². The molecule has 10 heteroatoms. The van der Waals surface area contributed by atoms with Crippen LogP contribution in [0.5, 0.6) is 0 Å². The van der Waals surface area contributed by atoms with E-state index in [-0.39, 0.29) is 11.4 Å². The molecule has 2 N–H and O–H groups in total. The van der Waals surface area contributed by atoms with Gasteiger partial charge in [-0.2, -0.15) is 0 Å². The van der Waals surface area contributed by atoms with Crippen molar-refractivity contribution >= 4 is 33.3 Å². The van der Waals surface area contributed by atoms with E-state index in [0.29, 0.717) is 10.7 Å². The average Bonchev–Trinajstić information content (AvgIpc) is 2.67. The number of hydrogen-bond acceptors (Lipinski definition) is 7. The highest BCUT2D eigenvalue weighted by atomic mass is 32.2. The first-order chi connectivity index (χ1) is 8.75. The minimum Gasteiger partial charge on any atom is -0.477 e. The molecule has 1 heterocycles. The first-order valence-electron chi connectivity index (χ1n) is 4.99. The van der Waals surface area contributed by atoms with Crippen molar-refractivity contribution in [3.63, 3.8) is 0 Å². The number of methoxy groups -OCH3 is 1. The van der Waals surface area contributed by atoms with Crippen LogP contribution in [-0.2, 0) is 26.1 Å². The SMILES string of the molecule is COC(=O)CS(=O)(=O)NCc1nc(C)c(C(=O)O)s1. The normalized spacial score (nSPS) is 11.3. The van der Waals surface area contributed by atoms with Gasteiger partial charge in [0.2, 0.25) is 10.0 Å². The van der Waals surface area contributed by atoms with Crippen LogP contribution in [0.2, 0.25) is 0 Å². The lowest BCUT2D eigenvalue weighted by Crippen LogP contribution is -2.30. The summed E-state index contributed by atoms with van der Waals surface area (Å²) in [6.45, 7) is 1.35. The minimum absolute atomic E-state index is 0.0576. The molecule has 19 heavy (non-hydrogen) atoms. The molecule has 0 aliphatic carbocycles. The Balaban J connectivity index is 2.69. The van der Waals surface area contributed by atoms with E-state index in [2.05, 4.69) is 14.4 Å². The zero-order valence-electron chi connectivity index (χ0n) is 10.2. The van der Waals surface area contributed by atoms with Crippen molar-refractivity contribution in [2.24, 2.45) is 0 Å². The number of aromatic carboxylic acids is 1. The largest absolute Gasteiger partial charge is 0.477 e. The maximum absolute atomic E-state index is 11.4. The van der Waals surface area contributed by atoms with Gasteiger partial charge in [-0.05, 0) is 6.92 Å². The van der Waals surface area contributed by atoms with E-state index >= 15 is 0 Å². The molecule has 0 unspecified atom stereocenters. The Labute approximate surface area is 113 Å². The van der Waals surface area contributed by atoms with Gasteiger partial charge in [-0.25, -0.2) is 22.9 Å². The molecule has 0 aromatic carbocycles. The van der Waals surface area contributed by atoms with Crippen LogP contribution in [0.25, 0.3) is 0 Å². The molecule has 0 spiro atoms. The third-order valence-corrected chi connectivity index (χ3v) is 4.36. The summed E-state index contributed by atoms with van der Waals surface area (Å²) < 4.78 is 29.3. The van der Waals surface area contributed by atoms with Crippen LogP contribution in [0.1, 0.15) is 20.4 Å². The number of carboxylic acid groups (broad SMARTS) is 1. The fourth-order valence-electron chi connectivity index (χ4n) is 1.16. The maximum Gasteiger partial charge on any atom is 0.347 e. The molecular formula is C9H12N2O6S2. The molecular weight excluding hydrogens is 296 g/mol. The average molecular weight is 308 g/mol. The number of carbonyl (C=O) groups is 2. The summed E-state index contributed by atoms with van der Waals surface area (Å²) in [7, 11) is -2.74. The number of nitrogens with zero attached hydrogens (tertiary/aromatic N) is 1. The molecule has 106 valence electrons. The number of carbonyl (C=O) groups excluding carboxylic acids is 1. The quantitative estimate of drug-likeness (QED) is 0.694. The lowest BCUT2D eigenvalue weighted by Gasteiger charge is -2.03. The van der Waals surface area contributed by atoms with Crippen LogP contribution in [0.15, 0.2) is 0 Å². The van der Waals surface area contributed by atoms with Crippen LogP contribution in [0.4, 0.5) is 0 Å². The second kappa shape index (κ2) is 6.08. The van der Waals surface area contributed by atoms with Gasteiger partial charge in [0.05, 0.1) is 19.3 Å². The van der Waals surface area contributed by atoms with Crippen molar-refractivity contribution in [2.45, 2.75) is 13.5 Å². The number of aromatic nitrogens is 1. The number of carboxylic acids is 1. The summed E-state index contributed by atoms with van der Waals surface area (Å²) >= 11 is 0.879. The van der Waals surface area contributed by atoms with Crippen LogP contribution >= 0.6 is 11.3 Å². The van der Waals surface area contributed by atoms with E-state index in [9.17, 15) is 18.0 Å². The summed E-state index contributed by atoms with van der Waals surface area (Å²) in [5.74, 6) is -2.78. The van der Waals surface area contributed by atoms with Gasteiger partial charge >= 0.3 is 11.9 Å². The first kappa shape index (κ1) is 15.5. The Bertz CT molecular complexity index is 592. The summed E-state index contributed by atoms with van der Waals surface area (Å²) in [5, 5.41) is 9.14. The van der Waals surface area contributed by atoms with Crippen LogP contribution < -0.4 is 4.72 Å². The van der Waals surface area contributed by atoms with Gasteiger partial charge in [0.15, 0.2) is 5.75 Å². The molecule has 0 saturated carbocycles. The Hall–Kier alpha value is -1.52. The number of nitrogens with one attached hydrogen (secondary N) is 1. The molecule has 0 amide bonds. The predicted molar refractivity (Wildman–Crippen MR) is 66.5 cm³/mol. The maximum atomic E-state index is 11.4. The van der Waals surface area contributed by atoms with Gasteiger partial charge in [-0.3, -0.25) is 4.79 Å². The van der Waals surface area contributed by atoms with E-state index in [0.717, 1.165) is 18.4 Å². The molecule has 0 aliphatic rings. The van der Waals surface area contributed by atoms with Gasteiger partial charge in [0.1, 0.15) is 9.88 Å². The Morgan fingerprint density at radius 2 is 2.11 bits per heavy atom. The molecule has 1 rings (SSSR count). The highest BCUT2D eigenvalue weighted by Gasteiger charge is 2.19. The Morgan fingerprint density at radius 3 is 2.58 bits per heavy atom. The van der Waals surface area contributed by atoms with Crippen molar-refractivity contribution in [2.75, 3.05) is 12.9 Å². The zero-order valence-corrected chi connectivity index (χ0v) is 11.8. The summed E-state index contributed by atoms with van der Waals surface area (Å²) in [6, 6.07) is 0. The number of hydrogen-bond donors (Lipinski definition) is 2. The van der Waals surface area contributed by atoms with Crippen molar-refractivity contribution < 1.29 is 27.9 Å². The van der Waals surface area contributed by atoms with E-state index < -0.39 is 27.7 Å². The molecule has 0 aliphatic heterocycles. The van der Waals surface area contributed by atoms with Crippen molar-refractivity contribution in [1.29, 1.82) is 0 Å². The second-order valence-electron chi connectivity index (χ2n) is 3.48. The van der Waals surface area contributed by atoms with Gasteiger partial charge in [0, 0.05) is 0 Å². The lowest BCUT2D eigenvalue weighted by molar-refractivity contribution is -0.137. The smallest absolute Gasteiger partial charge is 0.347 e. The Morgan fingerprint density at radius 1 is 1.47 bits per heavy atom. The summed E-state index contributed by atoms with van der Waals surface area (Å²) in [4.78, 5) is 25.6. The third-order valence-electron chi connectivity index (χ3n) is 2.01. The molecule has 0 bridgehead atoms.